The standard InChI is InChI=1S/C8H10O2.C3H4O2/c9-6-8(10)7-4-2-1-3-5-7;1-2-3(4)5/h1-5,8-10H,6H2;2H,1H2,(H,4,5). The quantitative estimate of drug-likeness (QED) is 0.649. The molecule has 0 aliphatic carbocycles. The highest BCUT2D eigenvalue weighted by atomic mass is 16.4. The summed E-state index contributed by atoms with van der Waals surface area (Å²) in [5.41, 5.74) is 0.755. The van der Waals surface area contributed by atoms with Crippen molar-refractivity contribution in [3.8, 4) is 0 Å². The highest BCUT2D eigenvalue weighted by molar-refractivity contribution is 5.78. The van der Waals surface area contributed by atoms with Gasteiger partial charge >= 0.3 is 5.97 Å². The van der Waals surface area contributed by atoms with Crippen LogP contribution in [0.15, 0.2) is 43.0 Å². The van der Waals surface area contributed by atoms with Crippen LogP contribution in [0.3, 0.4) is 0 Å². The zero-order chi connectivity index (χ0) is 11.7. The molecule has 0 aromatic heterocycles. The summed E-state index contributed by atoms with van der Waals surface area (Å²) >= 11 is 0. The maximum atomic E-state index is 9.25. The first-order valence-electron chi connectivity index (χ1n) is 4.31. The molecule has 0 saturated heterocycles. The first-order chi connectivity index (χ1) is 7.11. The number of hydrogen-bond donors (Lipinski definition) is 3. The van der Waals surface area contributed by atoms with Crippen LogP contribution < -0.4 is 0 Å². The Bertz CT molecular complexity index is 295. The molecule has 4 heteroatoms. The van der Waals surface area contributed by atoms with Crippen LogP contribution in [0.2, 0.25) is 0 Å². The van der Waals surface area contributed by atoms with Gasteiger partial charge in [0.1, 0.15) is 6.10 Å². The highest BCUT2D eigenvalue weighted by Crippen LogP contribution is 2.09. The van der Waals surface area contributed by atoms with E-state index in [-0.39, 0.29) is 6.61 Å². The average molecular weight is 210 g/mol. The molecule has 4 nitrogen and oxygen atoms in total. The Kier molecular flexibility index (Phi) is 6.88. The number of aliphatic hydroxyl groups is 2. The van der Waals surface area contributed by atoms with E-state index in [0.717, 1.165) is 11.6 Å². The van der Waals surface area contributed by atoms with Gasteiger partial charge < -0.3 is 15.3 Å². The van der Waals surface area contributed by atoms with Crippen molar-refractivity contribution in [1.29, 1.82) is 0 Å². The van der Waals surface area contributed by atoms with E-state index < -0.39 is 12.1 Å². The van der Waals surface area contributed by atoms with Crippen molar-refractivity contribution < 1.29 is 20.1 Å². The first-order valence-corrected chi connectivity index (χ1v) is 4.31. The Hall–Kier alpha value is -1.65. The minimum absolute atomic E-state index is 0.218. The SMILES string of the molecule is C=CC(=O)O.OCC(O)c1ccccc1. The first kappa shape index (κ1) is 13.4. The number of benzene rings is 1. The van der Waals surface area contributed by atoms with Gasteiger partial charge in [-0.05, 0) is 5.56 Å². The van der Waals surface area contributed by atoms with E-state index >= 15 is 0 Å². The minimum Gasteiger partial charge on any atom is -0.478 e. The summed E-state index contributed by atoms with van der Waals surface area (Å²) in [7, 11) is 0. The van der Waals surface area contributed by atoms with Crippen LogP contribution in [0.25, 0.3) is 0 Å². The molecule has 0 radical (unpaired) electrons. The van der Waals surface area contributed by atoms with Crippen LogP contribution in [-0.4, -0.2) is 27.9 Å². The summed E-state index contributed by atoms with van der Waals surface area (Å²) in [6, 6.07) is 9.08. The lowest BCUT2D eigenvalue weighted by atomic mass is 10.1. The van der Waals surface area contributed by atoms with Crippen molar-refractivity contribution in [1.82, 2.24) is 0 Å². The second-order valence-corrected chi connectivity index (χ2v) is 2.65. The predicted molar refractivity (Wildman–Crippen MR) is 56.3 cm³/mol. The lowest BCUT2D eigenvalue weighted by Gasteiger charge is -2.05. The van der Waals surface area contributed by atoms with Crippen molar-refractivity contribution in [2.24, 2.45) is 0 Å². The fourth-order valence-corrected chi connectivity index (χ4v) is 0.781. The smallest absolute Gasteiger partial charge is 0.327 e. The van der Waals surface area contributed by atoms with Crippen molar-refractivity contribution in [3.63, 3.8) is 0 Å². The van der Waals surface area contributed by atoms with E-state index in [0.29, 0.717) is 0 Å². The molecule has 82 valence electrons. The van der Waals surface area contributed by atoms with Gasteiger partial charge in [0.05, 0.1) is 6.61 Å². The van der Waals surface area contributed by atoms with Crippen LogP contribution in [0.1, 0.15) is 11.7 Å². The van der Waals surface area contributed by atoms with Gasteiger partial charge in [-0.15, -0.1) is 0 Å². The van der Waals surface area contributed by atoms with E-state index in [9.17, 15) is 4.79 Å². The number of rotatable bonds is 3. The molecular formula is C11H14O4. The molecule has 0 aliphatic rings. The summed E-state index contributed by atoms with van der Waals surface area (Å²) in [6.45, 7) is 2.74. The Morgan fingerprint density at radius 1 is 1.40 bits per heavy atom. The molecule has 0 bridgehead atoms. The van der Waals surface area contributed by atoms with E-state index in [2.05, 4.69) is 6.58 Å². The van der Waals surface area contributed by atoms with Gasteiger partial charge in [-0.1, -0.05) is 36.9 Å². The molecule has 0 aliphatic heterocycles. The summed E-state index contributed by atoms with van der Waals surface area (Å²) < 4.78 is 0. The van der Waals surface area contributed by atoms with E-state index in [1.54, 1.807) is 12.1 Å². The summed E-state index contributed by atoms with van der Waals surface area (Å²) in [5, 5.41) is 25.2. The molecule has 1 aromatic rings. The Labute approximate surface area is 88.1 Å². The number of aliphatic carboxylic acids is 1. The molecule has 15 heavy (non-hydrogen) atoms. The average Bonchev–Trinajstić information content (AvgIpc) is 2.30. The molecule has 1 atom stereocenters. The molecule has 3 N–H and O–H groups in total. The lowest BCUT2D eigenvalue weighted by molar-refractivity contribution is -0.131. The number of carbonyl (C=O) groups is 1. The number of aliphatic hydroxyl groups excluding tert-OH is 2. The number of hydrogen-bond acceptors (Lipinski definition) is 3. The van der Waals surface area contributed by atoms with Crippen LogP contribution >= 0.6 is 0 Å². The van der Waals surface area contributed by atoms with Crippen molar-refractivity contribution in [3.05, 3.63) is 48.6 Å². The molecule has 0 spiro atoms. The third-order valence-corrected chi connectivity index (χ3v) is 1.53. The van der Waals surface area contributed by atoms with Gasteiger partial charge in [-0.25, -0.2) is 4.79 Å². The fraction of sp³-hybridized carbons (Fsp3) is 0.182. The molecule has 0 saturated carbocycles. The maximum absolute atomic E-state index is 9.25. The van der Waals surface area contributed by atoms with Gasteiger partial charge in [-0.2, -0.15) is 0 Å². The van der Waals surface area contributed by atoms with Crippen LogP contribution in [0, 0.1) is 0 Å². The Morgan fingerprint density at radius 2 is 1.87 bits per heavy atom. The normalized spacial score (nSPS) is 10.8. The van der Waals surface area contributed by atoms with E-state index in [4.69, 9.17) is 15.3 Å². The van der Waals surface area contributed by atoms with Crippen molar-refractivity contribution in [2.45, 2.75) is 6.10 Å². The van der Waals surface area contributed by atoms with E-state index in [1.807, 2.05) is 18.2 Å². The highest BCUT2D eigenvalue weighted by Gasteiger charge is 2.02. The largest absolute Gasteiger partial charge is 0.478 e. The third-order valence-electron chi connectivity index (χ3n) is 1.53. The Balaban J connectivity index is 0.000000336. The van der Waals surface area contributed by atoms with Crippen LogP contribution in [0.4, 0.5) is 0 Å². The topological polar surface area (TPSA) is 77.8 Å². The minimum atomic E-state index is -0.981. The summed E-state index contributed by atoms with van der Waals surface area (Å²) in [4.78, 5) is 9.25. The van der Waals surface area contributed by atoms with Crippen molar-refractivity contribution in [2.75, 3.05) is 6.61 Å². The lowest BCUT2D eigenvalue weighted by Crippen LogP contribution is -2.01. The number of carboxylic acid groups (broad SMARTS) is 1. The molecule has 0 amide bonds. The third kappa shape index (κ3) is 6.42. The zero-order valence-corrected chi connectivity index (χ0v) is 8.21. The zero-order valence-electron chi connectivity index (χ0n) is 8.21. The number of carboxylic acids is 1. The van der Waals surface area contributed by atoms with Gasteiger partial charge in [0, 0.05) is 6.08 Å². The monoisotopic (exact) mass is 210 g/mol. The summed E-state index contributed by atoms with van der Waals surface area (Å²) in [6.07, 6.45) is 0.0983. The van der Waals surface area contributed by atoms with E-state index in [1.165, 1.54) is 0 Å². The molecule has 1 aromatic carbocycles. The molecule has 0 fully saturated rings. The molecular weight excluding hydrogens is 196 g/mol. The molecule has 1 rings (SSSR count). The fourth-order valence-electron chi connectivity index (χ4n) is 0.781. The second-order valence-electron chi connectivity index (χ2n) is 2.65. The van der Waals surface area contributed by atoms with Gasteiger partial charge in [0.15, 0.2) is 0 Å². The van der Waals surface area contributed by atoms with Crippen LogP contribution in [-0.2, 0) is 4.79 Å². The molecule has 1 unspecified atom stereocenters. The molecule has 0 heterocycles. The van der Waals surface area contributed by atoms with Gasteiger partial charge in [-0.3, -0.25) is 0 Å². The second kappa shape index (κ2) is 7.73. The van der Waals surface area contributed by atoms with Gasteiger partial charge in [0.25, 0.3) is 0 Å². The Morgan fingerprint density at radius 3 is 2.20 bits per heavy atom. The maximum Gasteiger partial charge on any atom is 0.327 e. The summed E-state index contributed by atoms with van der Waals surface area (Å²) in [5.74, 6) is -0.981. The van der Waals surface area contributed by atoms with Crippen LogP contribution in [0.5, 0.6) is 0 Å². The predicted octanol–water partition coefficient (Wildman–Crippen LogP) is 0.969. The van der Waals surface area contributed by atoms with Gasteiger partial charge in [0.2, 0.25) is 0 Å². The van der Waals surface area contributed by atoms with Crippen molar-refractivity contribution >= 4 is 5.97 Å².